The van der Waals surface area contributed by atoms with E-state index in [1.165, 1.54) is 0 Å². The zero-order valence-electron chi connectivity index (χ0n) is 11.0. The van der Waals surface area contributed by atoms with Crippen LogP contribution in [0.2, 0.25) is 0 Å². The van der Waals surface area contributed by atoms with Crippen molar-refractivity contribution in [3.05, 3.63) is 54.0 Å². The lowest BCUT2D eigenvalue weighted by Gasteiger charge is -2.10. The van der Waals surface area contributed by atoms with E-state index < -0.39 is 0 Å². The highest BCUT2D eigenvalue weighted by Crippen LogP contribution is 2.29. The average molecular weight is 249 g/mol. The van der Waals surface area contributed by atoms with E-state index in [9.17, 15) is 0 Å². The predicted molar refractivity (Wildman–Crippen MR) is 78.9 cm³/mol. The van der Waals surface area contributed by atoms with Crippen LogP contribution in [0.1, 0.15) is 11.3 Å². The fourth-order valence-corrected chi connectivity index (χ4v) is 2.23. The van der Waals surface area contributed by atoms with Gasteiger partial charge in [-0.25, -0.2) is 0 Å². The number of nitrogens with two attached hydrogens (primary N) is 1. The fourth-order valence-electron chi connectivity index (χ4n) is 2.23. The highest BCUT2D eigenvalue weighted by atomic mass is 14.7. The van der Waals surface area contributed by atoms with E-state index in [1.807, 2.05) is 32.0 Å². The van der Waals surface area contributed by atoms with Crippen molar-refractivity contribution in [2.45, 2.75) is 13.8 Å². The van der Waals surface area contributed by atoms with E-state index in [4.69, 9.17) is 5.73 Å². The number of anilines is 1. The topological polar surface area (TPSA) is 51.8 Å². The standard InChI is InChI=1S/C16H15N3/c1-10-11(2)19-15-4-3-13(9-14(15)16(10)17)12-5-7-18-8-6-12/h3-9H,1-2H3,(H2,17,19). The predicted octanol–water partition coefficient (Wildman–Crippen LogP) is 3.50. The second-order valence-electron chi connectivity index (χ2n) is 4.70. The number of pyridine rings is 2. The number of fused-ring (bicyclic) bond motifs is 1. The number of hydrogen-bond acceptors (Lipinski definition) is 3. The molecule has 0 bridgehead atoms. The molecule has 0 saturated heterocycles. The van der Waals surface area contributed by atoms with Crippen LogP contribution in [-0.2, 0) is 0 Å². The Hall–Kier alpha value is -2.42. The summed E-state index contributed by atoms with van der Waals surface area (Å²) in [6.07, 6.45) is 3.59. The normalized spacial score (nSPS) is 10.8. The lowest BCUT2D eigenvalue weighted by Crippen LogP contribution is -1.97. The molecule has 0 atom stereocenters. The largest absolute Gasteiger partial charge is 0.398 e. The second-order valence-corrected chi connectivity index (χ2v) is 4.70. The Bertz CT molecular complexity index is 749. The van der Waals surface area contributed by atoms with Crippen LogP contribution in [0.15, 0.2) is 42.7 Å². The molecule has 19 heavy (non-hydrogen) atoms. The maximum absolute atomic E-state index is 6.21. The zero-order valence-corrected chi connectivity index (χ0v) is 11.0. The van der Waals surface area contributed by atoms with Gasteiger partial charge in [0, 0.05) is 29.2 Å². The molecule has 2 aromatic heterocycles. The van der Waals surface area contributed by atoms with Crippen LogP contribution in [0.3, 0.4) is 0 Å². The summed E-state index contributed by atoms with van der Waals surface area (Å²) in [4.78, 5) is 8.62. The number of hydrogen-bond donors (Lipinski definition) is 1. The summed E-state index contributed by atoms with van der Waals surface area (Å²) < 4.78 is 0. The maximum Gasteiger partial charge on any atom is 0.0726 e. The molecule has 2 N–H and O–H groups in total. The van der Waals surface area contributed by atoms with E-state index in [0.717, 1.165) is 39.0 Å². The molecule has 1 aromatic carbocycles. The van der Waals surface area contributed by atoms with Crippen molar-refractivity contribution in [3.8, 4) is 11.1 Å². The smallest absolute Gasteiger partial charge is 0.0726 e. The lowest BCUT2D eigenvalue weighted by molar-refractivity contribution is 1.20. The molecule has 0 radical (unpaired) electrons. The van der Waals surface area contributed by atoms with Crippen molar-refractivity contribution in [3.63, 3.8) is 0 Å². The third kappa shape index (κ3) is 1.93. The monoisotopic (exact) mass is 249 g/mol. The maximum atomic E-state index is 6.21. The summed E-state index contributed by atoms with van der Waals surface area (Å²) in [6, 6.07) is 10.2. The first kappa shape index (κ1) is 11.7. The zero-order chi connectivity index (χ0) is 13.4. The third-order valence-electron chi connectivity index (χ3n) is 3.54. The van der Waals surface area contributed by atoms with Gasteiger partial charge in [0.1, 0.15) is 0 Å². The Morgan fingerprint density at radius 1 is 0.947 bits per heavy atom. The molecular formula is C16H15N3. The Morgan fingerprint density at radius 2 is 1.68 bits per heavy atom. The van der Waals surface area contributed by atoms with Gasteiger partial charge in [-0.2, -0.15) is 0 Å². The van der Waals surface area contributed by atoms with Crippen LogP contribution in [0, 0.1) is 13.8 Å². The van der Waals surface area contributed by atoms with Gasteiger partial charge in [-0.1, -0.05) is 6.07 Å². The number of benzene rings is 1. The van der Waals surface area contributed by atoms with Crippen molar-refractivity contribution in [2.24, 2.45) is 0 Å². The van der Waals surface area contributed by atoms with Crippen molar-refractivity contribution in [1.82, 2.24) is 9.97 Å². The van der Waals surface area contributed by atoms with Gasteiger partial charge in [-0.3, -0.25) is 9.97 Å². The number of rotatable bonds is 1. The molecule has 2 heterocycles. The highest BCUT2D eigenvalue weighted by Gasteiger charge is 2.07. The molecule has 0 spiro atoms. The number of nitrogens with zero attached hydrogens (tertiary/aromatic N) is 2. The van der Waals surface area contributed by atoms with Crippen LogP contribution in [0.5, 0.6) is 0 Å². The molecule has 3 rings (SSSR count). The van der Waals surface area contributed by atoms with Crippen LogP contribution in [-0.4, -0.2) is 9.97 Å². The van der Waals surface area contributed by atoms with Crippen molar-refractivity contribution < 1.29 is 0 Å². The van der Waals surface area contributed by atoms with Crippen molar-refractivity contribution >= 4 is 16.6 Å². The van der Waals surface area contributed by atoms with Gasteiger partial charge >= 0.3 is 0 Å². The molecule has 3 heteroatoms. The minimum Gasteiger partial charge on any atom is -0.398 e. The number of aryl methyl sites for hydroxylation is 1. The van der Waals surface area contributed by atoms with Gasteiger partial charge in [0.2, 0.25) is 0 Å². The Kier molecular flexibility index (Phi) is 2.67. The Balaban J connectivity index is 2.27. The minimum absolute atomic E-state index is 0.818. The molecule has 0 aliphatic rings. The second kappa shape index (κ2) is 4.35. The average Bonchev–Trinajstić information content (AvgIpc) is 2.46. The minimum atomic E-state index is 0.818. The van der Waals surface area contributed by atoms with E-state index in [0.29, 0.717) is 0 Å². The quantitative estimate of drug-likeness (QED) is 0.718. The molecule has 3 aromatic rings. The number of aromatic nitrogens is 2. The summed E-state index contributed by atoms with van der Waals surface area (Å²) in [6.45, 7) is 4.00. The first-order chi connectivity index (χ1) is 9.16. The van der Waals surface area contributed by atoms with Crippen LogP contribution in [0.4, 0.5) is 5.69 Å². The molecule has 0 unspecified atom stereocenters. The first-order valence-corrected chi connectivity index (χ1v) is 6.23. The van der Waals surface area contributed by atoms with Gasteiger partial charge in [0.15, 0.2) is 0 Å². The highest BCUT2D eigenvalue weighted by molar-refractivity contribution is 5.95. The van der Waals surface area contributed by atoms with Gasteiger partial charge < -0.3 is 5.73 Å². The summed E-state index contributed by atoms with van der Waals surface area (Å²) in [5.41, 5.74) is 12.3. The van der Waals surface area contributed by atoms with Crippen LogP contribution < -0.4 is 5.73 Å². The van der Waals surface area contributed by atoms with Gasteiger partial charge in [-0.05, 0) is 54.8 Å². The summed E-state index contributed by atoms with van der Waals surface area (Å²) >= 11 is 0. The third-order valence-corrected chi connectivity index (χ3v) is 3.54. The molecule has 0 fully saturated rings. The van der Waals surface area contributed by atoms with Crippen molar-refractivity contribution in [1.29, 1.82) is 0 Å². The molecule has 0 saturated carbocycles. The summed E-state index contributed by atoms with van der Waals surface area (Å²) in [7, 11) is 0. The van der Waals surface area contributed by atoms with E-state index >= 15 is 0 Å². The lowest BCUT2D eigenvalue weighted by atomic mass is 10.0. The summed E-state index contributed by atoms with van der Waals surface area (Å²) in [5, 5.41) is 1.01. The Morgan fingerprint density at radius 3 is 2.42 bits per heavy atom. The molecular weight excluding hydrogens is 234 g/mol. The number of nitrogen functional groups attached to an aromatic ring is 1. The van der Waals surface area contributed by atoms with Crippen LogP contribution in [0.25, 0.3) is 22.0 Å². The van der Waals surface area contributed by atoms with E-state index in [1.54, 1.807) is 12.4 Å². The summed E-state index contributed by atoms with van der Waals surface area (Å²) in [5.74, 6) is 0. The molecule has 0 aliphatic heterocycles. The first-order valence-electron chi connectivity index (χ1n) is 6.23. The van der Waals surface area contributed by atoms with E-state index in [2.05, 4.69) is 22.1 Å². The Labute approximate surface area is 112 Å². The van der Waals surface area contributed by atoms with Gasteiger partial charge in [-0.15, -0.1) is 0 Å². The molecule has 0 amide bonds. The molecule has 0 aliphatic carbocycles. The van der Waals surface area contributed by atoms with Crippen LogP contribution >= 0.6 is 0 Å². The van der Waals surface area contributed by atoms with Gasteiger partial charge in [0.25, 0.3) is 0 Å². The molecule has 3 nitrogen and oxygen atoms in total. The van der Waals surface area contributed by atoms with Crippen molar-refractivity contribution in [2.75, 3.05) is 5.73 Å². The molecule has 94 valence electrons. The van der Waals surface area contributed by atoms with E-state index in [-0.39, 0.29) is 0 Å². The van der Waals surface area contributed by atoms with Gasteiger partial charge in [0.05, 0.1) is 5.52 Å². The fraction of sp³-hybridized carbons (Fsp3) is 0.125. The SMILES string of the molecule is Cc1nc2ccc(-c3ccncc3)cc2c(N)c1C.